The van der Waals surface area contributed by atoms with E-state index in [0.29, 0.717) is 24.0 Å². The molecular formula is C59H90N8O11. The number of benzene rings is 2. The molecule has 11 atom stereocenters. The Hall–Kier alpha value is -6.37. The van der Waals surface area contributed by atoms with Gasteiger partial charge in [0.15, 0.2) is 6.10 Å². The summed E-state index contributed by atoms with van der Waals surface area (Å²) < 4.78 is 6.08. The minimum atomic E-state index is -1.64. The maximum absolute atomic E-state index is 15.3. The van der Waals surface area contributed by atoms with Crippen LogP contribution in [-0.4, -0.2) is 172 Å². The van der Waals surface area contributed by atoms with Crippen molar-refractivity contribution in [2.24, 2.45) is 35.5 Å². The number of nitrogens with zero attached hydrogens (tertiary/aromatic N) is 5. The summed E-state index contributed by atoms with van der Waals surface area (Å²) >= 11 is 0. The van der Waals surface area contributed by atoms with Gasteiger partial charge in [0.2, 0.25) is 41.4 Å². The highest BCUT2D eigenvalue weighted by atomic mass is 16.6. The van der Waals surface area contributed by atoms with E-state index in [0.717, 1.165) is 4.90 Å². The lowest BCUT2D eigenvalue weighted by atomic mass is 9.94. The van der Waals surface area contributed by atoms with Crippen LogP contribution in [0.25, 0.3) is 0 Å². The number of rotatable bonds is 12. The number of hydrogen-bond donors (Lipinski definition) is 4. The number of ether oxygens (including phenoxy) is 1. The SMILES string of the molecule is CC[C@@H](C)[C@@H]1NC(=O)[C@@H]2CCCN2C(=O)[C@H]([C@H](O)c2ccccc2)N(C)C(=O)[C@H](Cc2ccccc2)NC(=O)[C@H](C(C)C)N(C)C(=O)[C@@H](C(C)C)OC(=O)C(C(C)C)N(C)C(=O)[C@H](CC(C)C)NC(=O)[C@H](C(C)C)N(C)C1=O. The Morgan fingerprint density at radius 1 is 0.551 bits per heavy atom. The van der Waals surface area contributed by atoms with E-state index in [-0.39, 0.29) is 31.7 Å². The van der Waals surface area contributed by atoms with E-state index in [1.807, 2.05) is 20.8 Å². The number of esters is 1. The van der Waals surface area contributed by atoms with Gasteiger partial charge in [0.1, 0.15) is 54.4 Å². The predicted molar refractivity (Wildman–Crippen MR) is 296 cm³/mol. The van der Waals surface area contributed by atoms with Crippen LogP contribution in [0.3, 0.4) is 0 Å². The number of nitrogens with one attached hydrogen (secondary N) is 3. The largest absolute Gasteiger partial charge is 0.450 e. The van der Waals surface area contributed by atoms with Crippen LogP contribution in [0.4, 0.5) is 0 Å². The first-order valence-corrected chi connectivity index (χ1v) is 27.8. The van der Waals surface area contributed by atoms with E-state index in [2.05, 4.69) is 16.0 Å². The van der Waals surface area contributed by atoms with Crippen LogP contribution < -0.4 is 16.0 Å². The van der Waals surface area contributed by atoms with Gasteiger partial charge in [-0.3, -0.25) is 38.4 Å². The van der Waals surface area contributed by atoms with Gasteiger partial charge in [-0.2, -0.15) is 0 Å². The van der Waals surface area contributed by atoms with Gasteiger partial charge in [-0.05, 0) is 65.9 Å². The third-order valence-electron chi connectivity index (χ3n) is 15.4. The van der Waals surface area contributed by atoms with Crippen LogP contribution in [0.5, 0.6) is 0 Å². The van der Waals surface area contributed by atoms with Crippen LogP contribution in [0.1, 0.15) is 126 Å². The molecule has 0 bridgehead atoms. The van der Waals surface area contributed by atoms with Crippen molar-refractivity contribution in [1.82, 2.24) is 40.4 Å². The number of carbonyl (C=O) groups excluding carboxylic acids is 9. The molecule has 4 N–H and O–H groups in total. The zero-order valence-corrected chi connectivity index (χ0v) is 49.0. The van der Waals surface area contributed by atoms with Gasteiger partial charge in [-0.25, -0.2) is 4.79 Å². The van der Waals surface area contributed by atoms with Crippen molar-refractivity contribution < 1.29 is 53.0 Å². The summed E-state index contributed by atoms with van der Waals surface area (Å²) in [4.78, 5) is 140. The topological polar surface area (TPSA) is 235 Å². The van der Waals surface area contributed by atoms with Crippen LogP contribution in [0.2, 0.25) is 0 Å². The van der Waals surface area contributed by atoms with E-state index in [4.69, 9.17) is 4.74 Å². The molecule has 0 aromatic heterocycles. The van der Waals surface area contributed by atoms with E-state index in [1.165, 1.54) is 47.8 Å². The molecule has 2 aromatic carbocycles. The molecular weight excluding hydrogens is 997 g/mol. The zero-order valence-electron chi connectivity index (χ0n) is 49.0. The normalized spacial score (nSPS) is 26.6. The minimum absolute atomic E-state index is 0.0688. The molecule has 2 aromatic rings. The second-order valence-corrected chi connectivity index (χ2v) is 23.3. The fraction of sp³-hybridized carbons (Fsp3) is 0.644. The monoisotopic (exact) mass is 1090 g/mol. The molecule has 2 saturated heterocycles. The van der Waals surface area contributed by atoms with Gasteiger partial charge >= 0.3 is 5.97 Å². The molecule has 0 saturated carbocycles. The predicted octanol–water partition coefficient (Wildman–Crippen LogP) is 4.36. The zero-order chi connectivity index (χ0) is 58.6. The van der Waals surface area contributed by atoms with Crippen molar-refractivity contribution in [3.63, 3.8) is 0 Å². The van der Waals surface area contributed by atoms with Crippen molar-refractivity contribution in [2.45, 2.75) is 176 Å². The number of cyclic esters (lactones) is 1. The Kier molecular flexibility index (Phi) is 23.4. The summed E-state index contributed by atoms with van der Waals surface area (Å²) in [5.41, 5.74) is 0.949. The van der Waals surface area contributed by atoms with Crippen LogP contribution in [0.15, 0.2) is 60.7 Å². The Bertz CT molecular complexity index is 2400. The molecule has 0 aliphatic carbocycles. The van der Waals surface area contributed by atoms with Crippen molar-refractivity contribution in [3.8, 4) is 0 Å². The first kappa shape index (κ1) is 64.2. The number of carbonyl (C=O) groups is 9. The lowest BCUT2D eigenvalue weighted by Crippen LogP contribution is -2.62. The van der Waals surface area contributed by atoms with Gasteiger partial charge in [0.05, 0.1) is 0 Å². The maximum atomic E-state index is 15.3. The summed E-state index contributed by atoms with van der Waals surface area (Å²) in [5, 5.41) is 21.0. The molecule has 0 radical (unpaired) electrons. The Balaban J connectivity index is 1.97. The first-order valence-electron chi connectivity index (χ1n) is 27.8. The summed E-state index contributed by atoms with van der Waals surface area (Å²) in [5.74, 6) is -9.15. The summed E-state index contributed by atoms with van der Waals surface area (Å²) in [6, 6.07) is 7.09. The number of likely N-dealkylation sites (N-methyl/N-ethyl adjacent to an activating group) is 4. The minimum Gasteiger partial charge on any atom is -0.450 e. The highest BCUT2D eigenvalue weighted by Gasteiger charge is 2.47. The standard InChI is InChI=1S/C59H90N8O11/c1-17-38(12)44-56(74)63(13)45(34(4)5)52(70)60-41(31-33(2)3)54(72)65(15)47(36(8)9)59(77)78-50(37(10)11)58(76)64(14)46(35(6)7)53(71)61-42(32-39-25-20-18-21-26-39)55(73)66(16)48(49(68)40-27-22-19-23-28-40)57(75)67-30-24-29-43(67)51(69)62-44/h18-23,25-28,33-38,41-50,68H,17,24,29-32H2,1-16H3,(H,60,70)(H,61,71)(H,62,69)/t38-,41+,42+,43+,44+,45+,46+,47?,48+,49-,50-/m1/s1. The maximum Gasteiger partial charge on any atom is 0.329 e. The van der Waals surface area contributed by atoms with Crippen molar-refractivity contribution in [2.75, 3.05) is 34.7 Å². The molecule has 2 fully saturated rings. The highest BCUT2D eigenvalue weighted by molar-refractivity contribution is 5.99. The van der Waals surface area contributed by atoms with Crippen LogP contribution >= 0.6 is 0 Å². The summed E-state index contributed by atoms with van der Waals surface area (Å²) in [6.07, 6.45) is -1.97. The molecule has 0 spiro atoms. The Morgan fingerprint density at radius 3 is 1.53 bits per heavy atom. The Morgan fingerprint density at radius 2 is 1.03 bits per heavy atom. The van der Waals surface area contributed by atoms with Crippen molar-refractivity contribution in [1.29, 1.82) is 0 Å². The number of amides is 8. The molecule has 2 aliphatic rings. The molecule has 8 amide bonds. The van der Waals surface area contributed by atoms with Gasteiger partial charge < -0.3 is 50.3 Å². The van der Waals surface area contributed by atoms with Gasteiger partial charge in [0.25, 0.3) is 5.91 Å². The third-order valence-corrected chi connectivity index (χ3v) is 15.4. The molecule has 432 valence electrons. The smallest absolute Gasteiger partial charge is 0.329 e. The number of fused-ring (bicyclic) bond motifs is 1. The van der Waals surface area contributed by atoms with Gasteiger partial charge in [-0.15, -0.1) is 0 Å². The van der Waals surface area contributed by atoms with E-state index < -0.39 is 143 Å². The average Bonchev–Trinajstić information content (AvgIpc) is 3.91. The molecule has 19 nitrogen and oxygen atoms in total. The van der Waals surface area contributed by atoms with Crippen LogP contribution in [-0.2, 0) is 54.3 Å². The molecule has 19 heteroatoms. The number of aliphatic hydroxyl groups excluding tert-OH is 1. The molecule has 1 unspecified atom stereocenters. The fourth-order valence-corrected chi connectivity index (χ4v) is 10.9. The summed E-state index contributed by atoms with van der Waals surface area (Å²) in [7, 11) is 5.67. The second-order valence-electron chi connectivity index (χ2n) is 23.3. The number of aliphatic hydroxyl groups is 1. The molecule has 2 aliphatic heterocycles. The van der Waals surface area contributed by atoms with Gasteiger partial charge in [-0.1, -0.05) is 150 Å². The van der Waals surface area contributed by atoms with Crippen molar-refractivity contribution >= 4 is 53.2 Å². The molecule has 2 heterocycles. The second kappa shape index (κ2) is 28.5. The highest BCUT2D eigenvalue weighted by Crippen LogP contribution is 2.29. The van der Waals surface area contributed by atoms with E-state index >= 15 is 9.59 Å². The van der Waals surface area contributed by atoms with E-state index in [1.54, 1.807) is 123 Å². The number of hydrogen-bond acceptors (Lipinski definition) is 11. The lowest BCUT2D eigenvalue weighted by Gasteiger charge is -2.38. The average molecular weight is 1090 g/mol. The lowest BCUT2D eigenvalue weighted by molar-refractivity contribution is -0.171. The van der Waals surface area contributed by atoms with Crippen LogP contribution in [0, 0.1) is 35.5 Å². The van der Waals surface area contributed by atoms with Gasteiger partial charge in [0, 0.05) is 41.2 Å². The quantitative estimate of drug-likeness (QED) is 0.218. The molecule has 78 heavy (non-hydrogen) atoms. The third kappa shape index (κ3) is 15.5. The molecule has 4 rings (SSSR count). The fourth-order valence-electron chi connectivity index (χ4n) is 10.9. The first-order chi connectivity index (χ1) is 36.6. The van der Waals surface area contributed by atoms with Crippen molar-refractivity contribution in [3.05, 3.63) is 71.8 Å². The van der Waals surface area contributed by atoms with E-state index in [9.17, 15) is 38.7 Å². The summed E-state index contributed by atoms with van der Waals surface area (Å²) in [6.45, 7) is 21.3. The Labute approximate surface area is 462 Å².